The monoisotopic (exact) mass is 220 g/mol. The average molecular weight is 220 g/mol. The van der Waals surface area contributed by atoms with Gasteiger partial charge < -0.3 is 5.11 Å². The quantitative estimate of drug-likeness (QED) is 0.789. The molecule has 14 heavy (non-hydrogen) atoms. The van der Waals surface area contributed by atoms with E-state index in [2.05, 4.69) is 12.2 Å². The molecule has 0 fully saturated rings. The van der Waals surface area contributed by atoms with Gasteiger partial charge >= 0.3 is 5.92 Å². The van der Waals surface area contributed by atoms with E-state index in [0.717, 1.165) is 12.1 Å². The molecule has 1 atom stereocenters. The molecular weight excluding hydrogens is 213 g/mol. The van der Waals surface area contributed by atoms with Crippen molar-refractivity contribution in [3.8, 4) is 0 Å². The Morgan fingerprint density at radius 3 is 2.21 bits per heavy atom. The van der Waals surface area contributed by atoms with Crippen LogP contribution in [0.4, 0.5) is 13.2 Å². The molecule has 0 aromatic heterocycles. The number of rotatable bonds is 3. The standard InChI is InChI=1S/C9H7F3OS/c10-8(13)7(14)9(11,12)6-4-2-1-3-5-6/h1-5,8,13H. The first-order valence-corrected chi connectivity index (χ1v) is 4.17. The molecule has 0 saturated carbocycles. The van der Waals surface area contributed by atoms with Crippen molar-refractivity contribution in [2.24, 2.45) is 0 Å². The van der Waals surface area contributed by atoms with Crippen molar-refractivity contribution in [1.82, 2.24) is 0 Å². The number of halogens is 3. The van der Waals surface area contributed by atoms with Crippen molar-refractivity contribution < 1.29 is 18.3 Å². The molecule has 0 heterocycles. The van der Waals surface area contributed by atoms with Crippen LogP contribution in [0.25, 0.3) is 0 Å². The molecule has 1 nitrogen and oxygen atoms in total. The third-order valence-corrected chi connectivity index (χ3v) is 2.11. The molecule has 0 aliphatic carbocycles. The molecule has 1 aromatic carbocycles. The highest BCUT2D eigenvalue weighted by Gasteiger charge is 2.40. The summed E-state index contributed by atoms with van der Waals surface area (Å²) in [5, 5.41) is 8.33. The summed E-state index contributed by atoms with van der Waals surface area (Å²) in [7, 11) is 0. The average Bonchev–Trinajstić information content (AvgIpc) is 2.18. The normalized spacial score (nSPS) is 13.7. The molecule has 1 N–H and O–H groups in total. The van der Waals surface area contributed by atoms with Gasteiger partial charge in [0.05, 0.1) is 0 Å². The fraction of sp³-hybridized carbons (Fsp3) is 0.222. The van der Waals surface area contributed by atoms with Crippen molar-refractivity contribution in [3.63, 3.8) is 0 Å². The fourth-order valence-corrected chi connectivity index (χ4v) is 1.06. The number of aliphatic hydroxyl groups excluding tert-OH is 1. The summed E-state index contributed by atoms with van der Waals surface area (Å²) < 4.78 is 38.7. The second-order valence-electron chi connectivity index (χ2n) is 2.64. The molecule has 76 valence electrons. The lowest BCUT2D eigenvalue weighted by atomic mass is 10.1. The maximum absolute atomic E-state index is 13.3. The zero-order valence-electron chi connectivity index (χ0n) is 6.95. The Bertz CT molecular complexity index is 324. The van der Waals surface area contributed by atoms with Crippen LogP contribution in [0.5, 0.6) is 0 Å². The third-order valence-electron chi connectivity index (χ3n) is 1.66. The highest BCUT2D eigenvalue weighted by molar-refractivity contribution is 7.80. The van der Waals surface area contributed by atoms with E-state index in [0.29, 0.717) is 0 Å². The molecule has 1 unspecified atom stereocenters. The number of hydrogen-bond donors (Lipinski definition) is 1. The Kier molecular flexibility index (Phi) is 3.23. The first-order chi connectivity index (χ1) is 6.46. The van der Waals surface area contributed by atoms with Crippen LogP contribution in [0.1, 0.15) is 5.56 Å². The Morgan fingerprint density at radius 1 is 1.29 bits per heavy atom. The fourth-order valence-electron chi connectivity index (χ4n) is 0.939. The Balaban J connectivity index is 3.02. The molecule has 0 spiro atoms. The molecule has 0 saturated heterocycles. The predicted octanol–water partition coefficient (Wildman–Crippen LogP) is 2.44. The van der Waals surface area contributed by atoms with Crippen molar-refractivity contribution in [3.05, 3.63) is 35.9 Å². The van der Waals surface area contributed by atoms with Crippen molar-refractivity contribution in [2.75, 3.05) is 0 Å². The Hall–Kier alpha value is -0.940. The minimum Gasteiger partial charge on any atom is -0.360 e. The third kappa shape index (κ3) is 2.10. The van der Waals surface area contributed by atoms with E-state index in [9.17, 15) is 13.2 Å². The number of thiocarbonyl (C=S) groups is 1. The number of hydrogen-bond acceptors (Lipinski definition) is 2. The number of benzene rings is 1. The van der Waals surface area contributed by atoms with Gasteiger partial charge in [0.15, 0.2) is 0 Å². The molecular formula is C9H7F3OS. The van der Waals surface area contributed by atoms with Crippen LogP contribution >= 0.6 is 12.2 Å². The lowest BCUT2D eigenvalue weighted by molar-refractivity contribution is 0.0372. The first kappa shape index (κ1) is 11.1. The predicted molar refractivity (Wildman–Crippen MR) is 50.0 cm³/mol. The van der Waals surface area contributed by atoms with E-state index in [1.807, 2.05) is 0 Å². The number of aliphatic hydroxyl groups is 1. The van der Waals surface area contributed by atoms with Crippen LogP contribution in [-0.2, 0) is 5.92 Å². The minimum absolute atomic E-state index is 0.429. The van der Waals surface area contributed by atoms with E-state index >= 15 is 0 Å². The highest BCUT2D eigenvalue weighted by Crippen LogP contribution is 2.31. The van der Waals surface area contributed by atoms with Gasteiger partial charge in [-0.3, -0.25) is 0 Å². The molecule has 0 aliphatic heterocycles. The van der Waals surface area contributed by atoms with Crippen LogP contribution in [0.3, 0.4) is 0 Å². The molecule has 1 aromatic rings. The largest absolute Gasteiger partial charge is 0.360 e. The van der Waals surface area contributed by atoms with Gasteiger partial charge in [0.25, 0.3) is 0 Å². The minimum atomic E-state index is -3.62. The highest BCUT2D eigenvalue weighted by atomic mass is 32.1. The van der Waals surface area contributed by atoms with Crippen LogP contribution in [0.15, 0.2) is 30.3 Å². The molecule has 0 aliphatic rings. The van der Waals surface area contributed by atoms with Gasteiger partial charge in [-0.05, 0) is 0 Å². The molecule has 5 heteroatoms. The molecule has 0 amide bonds. The van der Waals surface area contributed by atoms with Crippen molar-refractivity contribution >= 4 is 17.1 Å². The Morgan fingerprint density at radius 2 is 1.79 bits per heavy atom. The summed E-state index contributed by atoms with van der Waals surface area (Å²) in [6.45, 7) is 0. The van der Waals surface area contributed by atoms with Crippen LogP contribution in [0.2, 0.25) is 0 Å². The summed E-state index contributed by atoms with van der Waals surface area (Å²) in [6, 6.07) is 6.56. The summed E-state index contributed by atoms with van der Waals surface area (Å²) in [6.07, 6.45) is -2.79. The maximum Gasteiger partial charge on any atom is 0.309 e. The van der Waals surface area contributed by atoms with Crippen LogP contribution < -0.4 is 0 Å². The molecule has 1 rings (SSSR count). The molecule has 0 bridgehead atoms. The van der Waals surface area contributed by atoms with Gasteiger partial charge in [0, 0.05) is 5.56 Å². The smallest absolute Gasteiger partial charge is 0.309 e. The first-order valence-electron chi connectivity index (χ1n) is 3.76. The SMILES string of the molecule is OC(F)C(=S)C(F)(F)c1ccccc1. The van der Waals surface area contributed by atoms with Crippen LogP contribution in [0, 0.1) is 0 Å². The zero-order chi connectivity index (χ0) is 10.8. The topological polar surface area (TPSA) is 20.2 Å². The summed E-state index contributed by atoms with van der Waals surface area (Å²) in [5.74, 6) is -3.62. The lowest BCUT2D eigenvalue weighted by Crippen LogP contribution is -2.31. The zero-order valence-corrected chi connectivity index (χ0v) is 7.77. The van der Waals surface area contributed by atoms with Gasteiger partial charge in [-0.2, -0.15) is 8.78 Å². The van der Waals surface area contributed by atoms with Gasteiger partial charge in [-0.1, -0.05) is 42.5 Å². The molecule has 0 radical (unpaired) electrons. The van der Waals surface area contributed by atoms with E-state index in [4.69, 9.17) is 5.11 Å². The van der Waals surface area contributed by atoms with Gasteiger partial charge in [0.1, 0.15) is 4.86 Å². The maximum atomic E-state index is 13.3. The van der Waals surface area contributed by atoms with E-state index < -0.39 is 22.7 Å². The van der Waals surface area contributed by atoms with Gasteiger partial charge in [-0.25, -0.2) is 4.39 Å². The van der Waals surface area contributed by atoms with E-state index in [-0.39, 0.29) is 0 Å². The van der Waals surface area contributed by atoms with E-state index in [1.165, 1.54) is 12.1 Å². The summed E-state index contributed by atoms with van der Waals surface area (Å²) in [4.78, 5) is -1.32. The van der Waals surface area contributed by atoms with Gasteiger partial charge in [0.2, 0.25) is 6.36 Å². The summed E-state index contributed by atoms with van der Waals surface area (Å²) in [5.41, 5.74) is -0.429. The van der Waals surface area contributed by atoms with Crippen LogP contribution in [-0.4, -0.2) is 16.3 Å². The van der Waals surface area contributed by atoms with E-state index in [1.54, 1.807) is 6.07 Å². The second-order valence-corrected chi connectivity index (χ2v) is 3.08. The second kappa shape index (κ2) is 4.06. The lowest BCUT2D eigenvalue weighted by Gasteiger charge is -2.17. The summed E-state index contributed by atoms with van der Waals surface area (Å²) >= 11 is 4.12. The number of alkyl halides is 3. The Labute approximate surface area is 84.2 Å². The van der Waals surface area contributed by atoms with Gasteiger partial charge in [-0.15, -0.1) is 0 Å². The van der Waals surface area contributed by atoms with Crippen molar-refractivity contribution in [1.29, 1.82) is 0 Å². The van der Waals surface area contributed by atoms with Crippen molar-refractivity contribution in [2.45, 2.75) is 12.3 Å².